The SMILES string of the molecule is c1ccc(-c2cccc(-c3cccc(-c4cccc(-c5ccc(-c6cc(-c7cccc(-c8cccc(-n9c%10ccccc%10c%10ccccc%109)c8)c7)nc(-c7cccc(-c8cccc(-c9cccc(-c%10ccccc%10)c9)c8)c7)n6)cc5)c4)c3)c2)cc1. The highest BCUT2D eigenvalue weighted by molar-refractivity contribution is 6.09. The van der Waals surface area contributed by atoms with Crippen LogP contribution in [0.4, 0.5) is 0 Å². The Morgan fingerprint density at radius 2 is 0.447 bits per heavy atom. The fraction of sp³-hybridized carbons (Fsp3) is 0. The van der Waals surface area contributed by atoms with Crippen molar-refractivity contribution in [1.82, 2.24) is 14.5 Å². The standard InChI is InChI=1S/C82H55N3/c1-3-19-56(20-4-1)60-23-11-26-63(47-60)66-29-14-30-67(50-66)65-28-13-25-62(49-65)58-43-45-59(46-44-58)78-55-79(73-36-16-33-70(52-73)72-35-18-38-75(54-72)85-80-41-9-7-39-76(80)77-40-8-10-42-81(77)85)84-82(83-78)74-37-17-34-71(53-74)69-32-15-31-68(51-69)64-27-12-24-61(48-64)57-21-5-2-6-22-57/h1-55H. The average Bonchev–Trinajstić information content (AvgIpc) is 2.94. The second-order valence-corrected chi connectivity index (χ2v) is 21.8. The predicted octanol–water partition coefficient (Wildman–Crippen LogP) is 21.9. The Labute approximate surface area is 495 Å². The first-order chi connectivity index (χ1) is 42.1. The Morgan fingerprint density at radius 1 is 0.176 bits per heavy atom. The van der Waals surface area contributed by atoms with Crippen LogP contribution < -0.4 is 0 Å². The Bertz CT molecular complexity index is 4890. The third-order valence-electron chi connectivity index (χ3n) is 16.4. The van der Waals surface area contributed by atoms with E-state index < -0.39 is 0 Å². The summed E-state index contributed by atoms with van der Waals surface area (Å²) in [6.07, 6.45) is 0. The van der Waals surface area contributed by atoms with Crippen LogP contribution in [0.15, 0.2) is 334 Å². The van der Waals surface area contributed by atoms with E-state index in [-0.39, 0.29) is 0 Å². The van der Waals surface area contributed by atoms with Gasteiger partial charge in [0, 0.05) is 33.2 Å². The third-order valence-corrected chi connectivity index (χ3v) is 16.4. The van der Waals surface area contributed by atoms with Crippen LogP contribution in [-0.4, -0.2) is 14.5 Å². The van der Waals surface area contributed by atoms with E-state index in [4.69, 9.17) is 9.97 Å². The van der Waals surface area contributed by atoms with Crippen LogP contribution >= 0.6 is 0 Å². The van der Waals surface area contributed by atoms with Crippen LogP contribution in [0.1, 0.15) is 0 Å². The lowest BCUT2D eigenvalue weighted by molar-refractivity contribution is 1.18. The lowest BCUT2D eigenvalue weighted by atomic mass is 9.94. The molecule has 0 amide bonds. The Balaban J connectivity index is 0.783. The van der Waals surface area contributed by atoms with Gasteiger partial charge in [0.2, 0.25) is 0 Å². The topological polar surface area (TPSA) is 30.7 Å². The van der Waals surface area contributed by atoms with Gasteiger partial charge < -0.3 is 4.57 Å². The van der Waals surface area contributed by atoms with Crippen LogP contribution in [0.5, 0.6) is 0 Å². The van der Waals surface area contributed by atoms with Crippen molar-refractivity contribution < 1.29 is 0 Å². The molecule has 15 rings (SSSR count). The molecule has 3 nitrogen and oxygen atoms in total. The van der Waals surface area contributed by atoms with Crippen molar-refractivity contribution in [3.05, 3.63) is 334 Å². The smallest absolute Gasteiger partial charge is 0.160 e. The molecule has 398 valence electrons. The summed E-state index contributed by atoms with van der Waals surface area (Å²) in [6.45, 7) is 0. The lowest BCUT2D eigenvalue weighted by Crippen LogP contribution is -1.97. The zero-order valence-electron chi connectivity index (χ0n) is 46.6. The molecule has 2 aromatic heterocycles. The molecule has 0 aliphatic rings. The van der Waals surface area contributed by atoms with E-state index in [0.717, 1.165) is 72.7 Å². The summed E-state index contributed by atoms with van der Waals surface area (Å²) in [4.78, 5) is 10.8. The molecule has 85 heavy (non-hydrogen) atoms. The minimum absolute atomic E-state index is 0.658. The molecule has 0 aliphatic carbocycles. The number of aromatic nitrogens is 3. The van der Waals surface area contributed by atoms with Crippen molar-refractivity contribution in [2.24, 2.45) is 0 Å². The maximum absolute atomic E-state index is 5.43. The van der Waals surface area contributed by atoms with E-state index in [9.17, 15) is 0 Å². The first-order valence-corrected chi connectivity index (χ1v) is 29.0. The molecule has 2 heterocycles. The van der Waals surface area contributed by atoms with Gasteiger partial charge in [-0.2, -0.15) is 0 Å². The van der Waals surface area contributed by atoms with Gasteiger partial charge in [0.25, 0.3) is 0 Å². The van der Waals surface area contributed by atoms with Crippen LogP contribution in [0.2, 0.25) is 0 Å². The zero-order valence-corrected chi connectivity index (χ0v) is 46.6. The average molecular weight is 1080 g/mol. The summed E-state index contributed by atoms with van der Waals surface area (Å²) in [5.41, 5.74) is 26.7. The Hall–Kier alpha value is -11.3. The Morgan fingerprint density at radius 3 is 0.871 bits per heavy atom. The molecular formula is C82H55N3. The minimum atomic E-state index is 0.658. The van der Waals surface area contributed by atoms with E-state index in [0.29, 0.717) is 5.82 Å². The number of para-hydroxylation sites is 2. The fourth-order valence-corrected chi connectivity index (χ4v) is 12.1. The van der Waals surface area contributed by atoms with Gasteiger partial charge in [-0.25, -0.2) is 9.97 Å². The maximum Gasteiger partial charge on any atom is 0.160 e. The molecule has 15 aromatic rings. The normalized spacial score (nSPS) is 11.3. The summed E-state index contributed by atoms with van der Waals surface area (Å²) in [5, 5.41) is 2.49. The number of rotatable bonds is 12. The van der Waals surface area contributed by atoms with E-state index in [1.54, 1.807) is 0 Å². The van der Waals surface area contributed by atoms with Gasteiger partial charge in [0.15, 0.2) is 5.82 Å². The zero-order chi connectivity index (χ0) is 56.5. The second-order valence-electron chi connectivity index (χ2n) is 21.8. The first-order valence-electron chi connectivity index (χ1n) is 29.0. The summed E-state index contributed by atoms with van der Waals surface area (Å²) < 4.78 is 2.38. The summed E-state index contributed by atoms with van der Waals surface area (Å²) >= 11 is 0. The summed E-state index contributed by atoms with van der Waals surface area (Å²) in [7, 11) is 0. The van der Waals surface area contributed by atoms with Crippen LogP contribution in [0, 0.1) is 0 Å². The number of benzene rings is 13. The van der Waals surface area contributed by atoms with Crippen molar-refractivity contribution >= 4 is 21.8 Å². The van der Waals surface area contributed by atoms with Crippen molar-refractivity contribution in [3.63, 3.8) is 0 Å². The molecule has 13 aromatic carbocycles. The van der Waals surface area contributed by atoms with Gasteiger partial charge in [-0.1, -0.05) is 261 Å². The quantitative estimate of drug-likeness (QED) is 0.122. The molecule has 0 atom stereocenters. The second kappa shape index (κ2) is 22.2. The van der Waals surface area contributed by atoms with Crippen LogP contribution in [-0.2, 0) is 0 Å². The third kappa shape index (κ3) is 10.2. The molecule has 0 saturated carbocycles. The minimum Gasteiger partial charge on any atom is -0.309 e. The van der Waals surface area contributed by atoms with Crippen molar-refractivity contribution in [3.8, 4) is 129 Å². The van der Waals surface area contributed by atoms with Gasteiger partial charge in [-0.3, -0.25) is 0 Å². The van der Waals surface area contributed by atoms with Crippen molar-refractivity contribution in [2.45, 2.75) is 0 Å². The van der Waals surface area contributed by atoms with Gasteiger partial charge in [0.05, 0.1) is 22.4 Å². The van der Waals surface area contributed by atoms with Gasteiger partial charge in [-0.05, 0) is 162 Å². The van der Waals surface area contributed by atoms with Crippen LogP contribution in [0.25, 0.3) is 150 Å². The highest BCUT2D eigenvalue weighted by atomic mass is 15.0. The lowest BCUT2D eigenvalue weighted by Gasteiger charge is -2.13. The molecule has 0 radical (unpaired) electrons. The van der Waals surface area contributed by atoms with Gasteiger partial charge in [0.1, 0.15) is 0 Å². The largest absolute Gasteiger partial charge is 0.309 e. The van der Waals surface area contributed by atoms with E-state index in [1.807, 2.05) is 0 Å². The molecule has 0 spiro atoms. The highest BCUT2D eigenvalue weighted by Gasteiger charge is 2.17. The van der Waals surface area contributed by atoms with E-state index >= 15 is 0 Å². The molecule has 0 bridgehead atoms. The Kier molecular flexibility index (Phi) is 13.3. The monoisotopic (exact) mass is 1080 g/mol. The molecule has 0 saturated heterocycles. The molecule has 0 aliphatic heterocycles. The molecule has 0 N–H and O–H groups in total. The number of hydrogen-bond acceptors (Lipinski definition) is 2. The number of fused-ring (bicyclic) bond motifs is 3. The maximum atomic E-state index is 5.43. The molecule has 0 unspecified atom stereocenters. The summed E-state index contributed by atoms with van der Waals surface area (Å²) in [5.74, 6) is 0.658. The highest BCUT2D eigenvalue weighted by Crippen LogP contribution is 2.38. The van der Waals surface area contributed by atoms with Gasteiger partial charge in [-0.15, -0.1) is 0 Å². The van der Waals surface area contributed by atoms with Crippen molar-refractivity contribution in [1.29, 1.82) is 0 Å². The fourth-order valence-electron chi connectivity index (χ4n) is 12.1. The van der Waals surface area contributed by atoms with Crippen LogP contribution in [0.3, 0.4) is 0 Å². The first kappa shape index (κ1) is 50.7. The van der Waals surface area contributed by atoms with E-state index in [2.05, 4.69) is 338 Å². The summed E-state index contributed by atoms with van der Waals surface area (Å²) in [6, 6.07) is 120. The molecule has 3 heteroatoms. The number of hydrogen-bond donors (Lipinski definition) is 0. The predicted molar refractivity (Wildman–Crippen MR) is 356 cm³/mol. The molecule has 0 fully saturated rings. The van der Waals surface area contributed by atoms with Crippen molar-refractivity contribution in [2.75, 3.05) is 0 Å². The molecular weight excluding hydrogens is 1030 g/mol. The number of nitrogens with zero attached hydrogens (tertiary/aromatic N) is 3. The van der Waals surface area contributed by atoms with Gasteiger partial charge >= 0.3 is 0 Å². The van der Waals surface area contributed by atoms with E-state index in [1.165, 1.54) is 71.9 Å².